The van der Waals surface area contributed by atoms with Crippen molar-refractivity contribution in [2.24, 2.45) is 11.7 Å². The number of anilines is 1. The van der Waals surface area contributed by atoms with E-state index in [2.05, 4.69) is 4.57 Å². The Balaban J connectivity index is 1.53. The minimum Gasteiger partial charge on any atom is -0.369 e. The number of hydrogen-bond donors (Lipinski definition) is 1. The first-order valence-electron chi connectivity index (χ1n) is 11.3. The molecule has 172 valence electrons. The minimum absolute atomic E-state index is 0.162. The molecule has 2 atom stereocenters. The molecule has 5 nitrogen and oxygen atoms in total. The van der Waals surface area contributed by atoms with Crippen LogP contribution in [0.25, 0.3) is 0 Å². The smallest absolute Gasteiger partial charge is 0.260 e. The molecule has 2 aliphatic rings. The molecule has 1 aromatic heterocycles. The molecule has 0 saturated heterocycles. The third kappa shape index (κ3) is 3.66. The van der Waals surface area contributed by atoms with Crippen LogP contribution in [0.2, 0.25) is 5.02 Å². The predicted octanol–water partition coefficient (Wildman–Crippen LogP) is 5.23. The van der Waals surface area contributed by atoms with Gasteiger partial charge in [-0.2, -0.15) is 0 Å². The van der Waals surface area contributed by atoms with E-state index >= 15 is 0 Å². The molecule has 0 radical (unpaired) electrons. The van der Waals surface area contributed by atoms with E-state index in [1.165, 1.54) is 0 Å². The first-order valence-corrected chi connectivity index (χ1v) is 11.7. The third-order valence-corrected chi connectivity index (χ3v) is 7.32. The Labute approximate surface area is 204 Å². The molecule has 2 aromatic carbocycles. The molecular formula is C28H26ClN3O2. The summed E-state index contributed by atoms with van der Waals surface area (Å²) in [5.74, 6) is -1.06. The van der Waals surface area contributed by atoms with Crippen LogP contribution in [0.4, 0.5) is 5.69 Å². The zero-order valence-electron chi connectivity index (χ0n) is 19.2. The lowest BCUT2D eigenvalue weighted by Gasteiger charge is -2.35. The van der Waals surface area contributed by atoms with Crippen molar-refractivity contribution in [3.05, 3.63) is 112 Å². The number of primary amides is 1. The standard InChI is InChI=1S/C28H26ClN3O2/c1-18-11-12-28(2,23(14-18)26(30)33)20-9-10-22(24(29)15-20)27(34)32-17-21-7-5-13-31(21)16-19-6-3-4-8-25(19)32/h3-15,23H,16-17H2,1-2H3,(H2,30,33). The fraction of sp³-hybridized carbons (Fsp3) is 0.214. The maximum Gasteiger partial charge on any atom is 0.260 e. The van der Waals surface area contributed by atoms with Gasteiger partial charge in [0, 0.05) is 29.5 Å². The van der Waals surface area contributed by atoms with Crippen molar-refractivity contribution in [1.82, 2.24) is 4.57 Å². The lowest BCUT2D eigenvalue weighted by molar-refractivity contribution is -0.121. The highest BCUT2D eigenvalue weighted by Gasteiger charge is 2.38. The van der Waals surface area contributed by atoms with Gasteiger partial charge in [-0.3, -0.25) is 9.59 Å². The van der Waals surface area contributed by atoms with Crippen molar-refractivity contribution in [2.75, 3.05) is 4.90 Å². The number of carbonyl (C=O) groups is 2. The van der Waals surface area contributed by atoms with Crippen molar-refractivity contribution in [2.45, 2.75) is 32.4 Å². The molecule has 3 aromatic rings. The van der Waals surface area contributed by atoms with Crippen LogP contribution in [0, 0.1) is 5.92 Å². The zero-order valence-corrected chi connectivity index (χ0v) is 19.9. The minimum atomic E-state index is -0.646. The average Bonchev–Trinajstić information content (AvgIpc) is 3.19. The van der Waals surface area contributed by atoms with Crippen LogP contribution >= 0.6 is 11.6 Å². The highest BCUT2D eigenvalue weighted by Crippen LogP contribution is 2.40. The number of hydrogen-bond acceptors (Lipinski definition) is 2. The van der Waals surface area contributed by atoms with Crippen LogP contribution in [0.15, 0.2) is 84.6 Å². The molecule has 1 aliphatic heterocycles. The van der Waals surface area contributed by atoms with Crippen molar-refractivity contribution in [3.8, 4) is 0 Å². The van der Waals surface area contributed by atoms with E-state index in [1.807, 2.05) is 80.7 Å². The topological polar surface area (TPSA) is 68.3 Å². The maximum atomic E-state index is 13.8. The van der Waals surface area contributed by atoms with Gasteiger partial charge in [0.05, 0.1) is 23.0 Å². The molecule has 0 saturated carbocycles. The molecule has 0 fully saturated rings. The molecular weight excluding hydrogens is 446 g/mol. The lowest BCUT2D eigenvalue weighted by atomic mass is 9.68. The first kappa shape index (κ1) is 22.2. The van der Waals surface area contributed by atoms with Gasteiger partial charge >= 0.3 is 0 Å². The SMILES string of the molecule is CC1=CC(C(N)=O)C(C)(c2ccc(C(=O)N3Cc4cccn4Cc4ccccc43)c(Cl)c2)C=C1. The Morgan fingerprint density at radius 1 is 1.09 bits per heavy atom. The molecule has 2 amide bonds. The fourth-order valence-corrected chi connectivity index (χ4v) is 5.25. The van der Waals surface area contributed by atoms with E-state index in [9.17, 15) is 9.59 Å². The summed E-state index contributed by atoms with van der Waals surface area (Å²) >= 11 is 6.72. The van der Waals surface area contributed by atoms with Gasteiger partial charge in [0.1, 0.15) is 0 Å². The first-order chi connectivity index (χ1) is 16.3. The number of para-hydroxylation sites is 1. The molecule has 6 heteroatoms. The van der Waals surface area contributed by atoms with E-state index in [0.29, 0.717) is 23.7 Å². The molecule has 0 bridgehead atoms. The number of nitrogens with zero attached hydrogens (tertiary/aromatic N) is 2. The Morgan fingerprint density at radius 2 is 1.88 bits per heavy atom. The van der Waals surface area contributed by atoms with Crippen molar-refractivity contribution >= 4 is 29.1 Å². The summed E-state index contributed by atoms with van der Waals surface area (Å²) < 4.78 is 2.16. The summed E-state index contributed by atoms with van der Waals surface area (Å²) in [6.45, 7) is 5.07. The van der Waals surface area contributed by atoms with Gasteiger partial charge < -0.3 is 15.2 Å². The molecule has 5 rings (SSSR count). The van der Waals surface area contributed by atoms with Crippen LogP contribution < -0.4 is 10.6 Å². The number of halogens is 1. The van der Waals surface area contributed by atoms with Gasteiger partial charge in [-0.1, -0.05) is 66.6 Å². The normalized spacial score (nSPS) is 21.3. The summed E-state index contributed by atoms with van der Waals surface area (Å²) in [7, 11) is 0. The monoisotopic (exact) mass is 471 g/mol. The third-order valence-electron chi connectivity index (χ3n) is 7.01. The zero-order chi connectivity index (χ0) is 24.0. The quantitative estimate of drug-likeness (QED) is 0.568. The maximum absolute atomic E-state index is 13.8. The number of allylic oxidation sites excluding steroid dienone is 3. The van der Waals surface area contributed by atoms with Crippen LogP contribution in [0.5, 0.6) is 0 Å². The van der Waals surface area contributed by atoms with Crippen LogP contribution in [-0.4, -0.2) is 16.4 Å². The fourth-order valence-electron chi connectivity index (χ4n) is 4.99. The Kier molecular flexibility index (Phi) is 5.45. The Bertz CT molecular complexity index is 1370. The van der Waals surface area contributed by atoms with Crippen LogP contribution in [0.3, 0.4) is 0 Å². The van der Waals surface area contributed by atoms with E-state index in [4.69, 9.17) is 17.3 Å². The van der Waals surface area contributed by atoms with Crippen LogP contribution in [0.1, 0.15) is 41.0 Å². The second-order valence-electron chi connectivity index (χ2n) is 9.25. The molecule has 2 heterocycles. The Morgan fingerprint density at radius 3 is 2.65 bits per heavy atom. The van der Waals surface area contributed by atoms with E-state index < -0.39 is 17.2 Å². The second kappa shape index (κ2) is 8.33. The number of rotatable bonds is 3. The molecule has 34 heavy (non-hydrogen) atoms. The van der Waals surface area contributed by atoms with Gasteiger partial charge in [-0.25, -0.2) is 0 Å². The summed E-state index contributed by atoms with van der Waals surface area (Å²) in [4.78, 5) is 27.8. The second-order valence-corrected chi connectivity index (χ2v) is 9.66. The van der Waals surface area contributed by atoms with Crippen molar-refractivity contribution < 1.29 is 9.59 Å². The summed E-state index contributed by atoms with van der Waals surface area (Å²) in [6.07, 6.45) is 7.89. The molecule has 2 unspecified atom stereocenters. The number of amides is 2. The average molecular weight is 472 g/mol. The highest BCUT2D eigenvalue weighted by atomic mass is 35.5. The van der Waals surface area contributed by atoms with E-state index in [1.54, 1.807) is 17.0 Å². The Hall–Kier alpha value is -3.57. The van der Waals surface area contributed by atoms with Crippen molar-refractivity contribution in [3.63, 3.8) is 0 Å². The van der Waals surface area contributed by atoms with Gasteiger partial charge in [0.2, 0.25) is 5.91 Å². The van der Waals surface area contributed by atoms with E-state index in [-0.39, 0.29) is 5.91 Å². The molecule has 2 N–H and O–H groups in total. The molecule has 1 aliphatic carbocycles. The number of benzene rings is 2. The number of fused-ring (bicyclic) bond motifs is 2. The van der Waals surface area contributed by atoms with Crippen LogP contribution in [-0.2, 0) is 23.3 Å². The number of aromatic nitrogens is 1. The number of nitrogens with two attached hydrogens (primary N) is 1. The predicted molar refractivity (Wildman–Crippen MR) is 135 cm³/mol. The lowest BCUT2D eigenvalue weighted by Crippen LogP contribution is -2.40. The van der Waals surface area contributed by atoms with Crippen molar-refractivity contribution in [1.29, 1.82) is 0 Å². The summed E-state index contributed by atoms with van der Waals surface area (Å²) in [5, 5.41) is 0.351. The van der Waals surface area contributed by atoms with E-state index in [0.717, 1.165) is 28.1 Å². The van der Waals surface area contributed by atoms with Gasteiger partial charge in [-0.15, -0.1) is 0 Å². The summed E-state index contributed by atoms with van der Waals surface area (Å²) in [5.41, 5.74) is 10.3. The largest absolute Gasteiger partial charge is 0.369 e. The van der Waals surface area contributed by atoms with Gasteiger partial charge in [-0.05, 0) is 48.4 Å². The highest BCUT2D eigenvalue weighted by molar-refractivity contribution is 6.34. The van der Waals surface area contributed by atoms with Gasteiger partial charge in [0.25, 0.3) is 5.91 Å². The van der Waals surface area contributed by atoms with Gasteiger partial charge in [0.15, 0.2) is 0 Å². The summed E-state index contributed by atoms with van der Waals surface area (Å²) in [6, 6.07) is 17.4. The number of carbonyl (C=O) groups excluding carboxylic acids is 2. The molecule has 0 spiro atoms.